The number of aryl methyl sites for hydroxylation is 1. The second-order valence-corrected chi connectivity index (χ2v) is 4.58. The molecule has 4 nitrogen and oxygen atoms in total. The average molecular weight is 261 g/mol. The lowest BCUT2D eigenvalue weighted by Crippen LogP contribution is -1.92. The third-order valence-electron chi connectivity index (χ3n) is 2.08. The van der Waals surface area contributed by atoms with Crippen molar-refractivity contribution in [1.29, 1.82) is 0 Å². The zero-order valence-corrected chi connectivity index (χ0v) is 9.73. The van der Waals surface area contributed by atoms with Gasteiger partial charge in [-0.2, -0.15) is 4.39 Å². The third kappa shape index (κ3) is 1.64. The molecule has 7 heteroatoms. The van der Waals surface area contributed by atoms with Crippen molar-refractivity contribution in [3.8, 4) is 0 Å². The minimum Gasteiger partial charge on any atom is -0.258 e. The van der Waals surface area contributed by atoms with Crippen LogP contribution in [0.3, 0.4) is 0 Å². The molecule has 0 aliphatic heterocycles. The largest absolute Gasteiger partial charge is 0.324 e. The molecule has 0 saturated heterocycles. The highest BCUT2D eigenvalue weighted by atomic mass is 35.5. The first-order valence-corrected chi connectivity index (χ1v) is 5.65. The Balaban J connectivity index is 2.88. The lowest BCUT2D eigenvalue weighted by atomic mass is 10.3. The summed E-state index contributed by atoms with van der Waals surface area (Å²) in [6, 6.07) is 0.932. The number of fused-ring (bicyclic) bond motifs is 1. The summed E-state index contributed by atoms with van der Waals surface area (Å²) < 4.78 is 13.6. The van der Waals surface area contributed by atoms with E-state index in [1.807, 2.05) is 6.92 Å². The second-order valence-electron chi connectivity index (χ2n) is 3.08. The third-order valence-corrected chi connectivity index (χ3v) is 3.57. The van der Waals surface area contributed by atoms with E-state index in [4.69, 9.17) is 11.6 Å². The number of hydrogen-bond acceptors (Lipinski definition) is 4. The van der Waals surface area contributed by atoms with Gasteiger partial charge in [0.05, 0.1) is 15.0 Å². The molecule has 2 aromatic rings. The van der Waals surface area contributed by atoms with E-state index in [9.17, 15) is 14.5 Å². The molecule has 1 heterocycles. The topological polar surface area (TPSA) is 56.0 Å². The predicted octanol–water partition coefficient (Wildman–Crippen LogP) is 3.56. The van der Waals surface area contributed by atoms with Crippen LogP contribution >= 0.6 is 22.9 Å². The Hall–Kier alpha value is -1.27. The van der Waals surface area contributed by atoms with Gasteiger partial charge in [-0.15, -0.1) is 11.3 Å². The van der Waals surface area contributed by atoms with Crippen molar-refractivity contribution < 1.29 is 9.31 Å². The summed E-state index contributed by atoms with van der Waals surface area (Å²) in [5, 5.41) is 11.6. The molecule has 0 amide bonds. The molecular formula is C9H6ClFN2O2S. The Morgan fingerprint density at radius 3 is 2.94 bits per heavy atom. The van der Waals surface area contributed by atoms with E-state index in [1.165, 1.54) is 0 Å². The maximum absolute atomic E-state index is 13.4. The van der Waals surface area contributed by atoms with Gasteiger partial charge in [-0.1, -0.05) is 18.5 Å². The van der Waals surface area contributed by atoms with Gasteiger partial charge in [-0.05, 0) is 6.42 Å². The van der Waals surface area contributed by atoms with Gasteiger partial charge in [0.1, 0.15) is 10.2 Å². The molecule has 0 atom stereocenters. The summed E-state index contributed by atoms with van der Waals surface area (Å²) in [6.45, 7) is 1.87. The summed E-state index contributed by atoms with van der Waals surface area (Å²) in [6.07, 6.45) is 0.633. The van der Waals surface area contributed by atoms with Gasteiger partial charge in [0.2, 0.25) is 5.82 Å². The first-order chi connectivity index (χ1) is 7.54. The molecule has 0 aliphatic carbocycles. The summed E-state index contributed by atoms with van der Waals surface area (Å²) in [7, 11) is 0. The molecule has 0 fully saturated rings. The summed E-state index contributed by atoms with van der Waals surface area (Å²) in [5.74, 6) is -0.922. The van der Waals surface area contributed by atoms with E-state index >= 15 is 0 Å². The number of thiazole rings is 1. The van der Waals surface area contributed by atoms with Crippen LogP contribution in [0.5, 0.6) is 0 Å². The molecule has 16 heavy (non-hydrogen) atoms. The van der Waals surface area contributed by atoms with Crippen molar-refractivity contribution in [2.45, 2.75) is 13.3 Å². The van der Waals surface area contributed by atoms with Crippen LogP contribution in [0.2, 0.25) is 5.02 Å². The summed E-state index contributed by atoms with van der Waals surface area (Å²) >= 11 is 6.89. The molecular weight excluding hydrogens is 255 g/mol. The van der Waals surface area contributed by atoms with Crippen molar-refractivity contribution >= 4 is 38.8 Å². The molecule has 1 aromatic carbocycles. The summed E-state index contributed by atoms with van der Waals surface area (Å²) in [5.41, 5.74) is -0.242. The highest BCUT2D eigenvalue weighted by molar-refractivity contribution is 7.19. The number of aromatic nitrogens is 1. The zero-order chi connectivity index (χ0) is 11.9. The van der Waals surface area contributed by atoms with Gasteiger partial charge in [-0.25, -0.2) is 4.98 Å². The fraction of sp³-hybridized carbons (Fsp3) is 0.222. The van der Waals surface area contributed by atoms with Crippen molar-refractivity contribution in [1.82, 2.24) is 4.98 Å². The van der Waals surface area contributed by atoms with Crippen LogP contribution < -0.4 is 0 Å². The van der Waals surface area contributed by atoms with Crippen LogP contribution in [-0.2, 0) is 6.42 Å². The number of nitro groups is 1. The van der Waals surface area contributed by atoms with Gasteiger partial charge < -0.3 is 0 Å². The van der Waals surface area contributed by atoms with Crippen molar-refractivity contribution in [2.24, 2.45) is 0 Å². The summed E-state index contributed by atoms with van der Waals surface area (Å²) in [4.78, 5) is 14.1. The Morgan fingerprint density at radius 2 is 2.38 bits per heavy atom. The van der Waals surface area contributed by atoms with Gasteiger partial charge >= 0.3 is 5.69 Å². The van der Waals surface area contributed by atoms with Crippen LogP contribution in [0.15, 0.2) is 6.07 Å². The van der Waals surface area contributed by atoms with E-state index in [-0.39, 0.29) is 9.72 Å². The number of benzene rings is 1. The van der Waals surface area contributed by atoms with E-state index in [0.717, 1.165) is 17.4 Å². The molecule has 0 saturated carbocycles. The Bertz CT molecular complexity index is 584. The van der Waals surface area contributed by atoms with Gasteiger partial charge in [0, 0.05) is 6.07 Å². The number of hydrogen-bond donors (Lipinski definition) is 0. The highest BCUT2D eigenvalue weighted by Crippen LogP contribution is 2.37. The monoisotopic (exact) mass is 260 g/mol. The van der Waals surface area contributed by atoms with E-state index in [0.29, 0.717) is 16.9 Å². The quantitative estimate of drug-likeness (QED) is 0.613. The molecule has 84 valence electrons. The first-order valence-electron chi connectivity index (χ1n) is 4.46. The van der Waals surface area contributed by atoms with Crippen molar-refractivity contribution in [3.63, 3.8) is 0 Å². The van der Waals surface area contributed by atoms with Gasteiger partial charge in [0.25, 0.3) is 0 Å². The normalized spacial score (nSPS) is 10.9. The molecule has 0 N–H and O–H groups in total. The van der Waals surface area contributed by atoms with Crippen LogP contribution in [-0.4, -0.2) is 9.91 Å². The number of nitrogens with zero attached hydrogens (tertiary/aromatic N) is 2. The van der Waals surface area contributed by atoms with Gasteiger partial charge in [0.15, 0.2) is 0 Å². The fourth-order valence-electron chi connectivity index (χ4n) is 1.36. The van der Waals surface area contributed by atoms with Crippen molar-refractivity contribution in [3.05, 3.63) is 32.0 Å². The second kappa shape index (κ2) is 3.95. The molecule has 0 aliphatic rings. The predicted molar refractivity (Wildman–Crippen MR) is 60.6 cm³/mol. The highest BCUT2D eigenvalue weighted by Gasteiger charge is 2.24. The van der Waals surface area contributed by atoms with Crippen LogP contribution in [0.4, 0.5) is 10.1 Å². The van der Waals surface area contributed by atoms with Crippen LogP contribution in [0.25, 0.3) is 10.2 Å². The molecule has 0 spiro atoms. The molecule has 0 bridgehead atoms. The Labute approximate surface area is 98.8 Å². The first kappa shape index (κ1) is 11.2. The average Bonchev–Trinajstić information content (AvgIpc) is 2.61. The molecule has 2 rings (SSSR count). The van der Waals surface area contributed by atoms with Crippen molar-refractivity contribution in [2.75, 3.05) is 0 Å². The van der Waals surface area contributed by atoms with E-state index < -0.39 is 16.4 Å². The minimum absolute atomic E-state index is 0.106. The Kier molecular flexibility index (Phi) is 2.77. The van der Waals surface area contributed by atoms with Crippen LogP contribution in [0.1, 0.15) is 11.9 Å². The maximum Gasteiger partial charge on any atom is 0.324 e. The minimum atomic E-state index is -0.922. The molecule has 0 radical (unpaired) electrons. The van der Waals surface area contributed by atoms with E-state index in [2.05, 4.69) is 4.98 Å². The fourth-order valence-corrected chi connectivity index (χ4v) is 2.69. The van der Waals surface area contributed by atoms with Crippen LogP contribution in [0, 0.1) is 15.9 Å². The SMILES string of the molecule is CCc1nc2c(Cl)cc(F)c([N+](=O)[O-])c2s1. The van der Waals surface area contributed by atoms with E-state index in [1.54, 1.807) is 0 Å². The smallest absolute Gasteiger partial charge is 0.258 e. The molecule has 1 aromatic heterocycles. The zero-order valence-electron chi connectivity index (χ0n) is 8.16. The van der Waals surface area contributed by atoms with Gasteiger partial charge in [-0.3, -0.25) is 10.1 Å². The lowest BCUT2D eigenvalue weighted by Gasteiger charge is -1.96. The number of nitro benzene ring substituents is 1. The molecule has 0 unspecified atom stereocenters. The number of rotatable bonds is 2. The number of halogens is 2. The maximum atomic E-state index is 13.4. The standard InChI is InChI=1S/C9H6ClFN2O2S/c1-2-6-12-7-4(10)3-5(11)8(13(14)15)9(7)16-6/h3H,2H2,1H3. The lowest BCUT2D eigenvalue weighted by molar-refractivity contribution is -0.385. The Morgan fingerprint density at radius 1 is 1.69 bits per heavy atom.